The molecule has 7 nitrogen and oxygen atoms in total. The summed E-state index contributed by atoms with van der Waals surface area (Å²) in [5.41, 5.74) is 2.29. The van der Waals surface area contributed by atoms with Crippen LogP contribution in [0.3, 0.4) is 0 Å². The van der Waals surface area contributed by atoms with Gasteiger partial charge in [-0.2, -0.15) is 5.10 Å². The second-order valence-corrected chi connectivity index (χ2v) is 3.60. The van der Waals surface area contributed by atoms with Gasteiger partial charge in [-0.1, -0.05) is 5.16 Å². The lowest BCUT2D eigenvalue weighted by molar-refractivity contribution is 0.251. The van der Waals surface area contributed by atoms with E-state index in [2.05, 4.69) is 26.0 Å². The van der Waals surface area contributed by atoms with Gasteiger partial charge in [-0.15, -0.1) is 0 Å². The molecule has 0 bridgehead atoms. The van der Waals surface area contributed by atoms with Gasteiger partial charge in [0.15, 0.2) is 0 Å². The smallest absolute Gasteiger partial charge is 0.319 e. The van der Waals surface area contributed by atoms with Crippen LogP contribution >= 0.6 is 0 Å². The highest BCUT2D eigenvalue weighted by Crippen LogP contribution is 2.11. The third kappa shape index (κ3) is 2.63. The molecule has 90 valence electrons. The van der Waals surface area contributed by atoms with Gasteiger partial charge in [0.2, 0.25) is 0 Å². The van der Waals surface area contributed by atoms with E-state index in [1.54, 1.807) is 6.20 Å². The zero-order valence-electron chi connectivity index (χ0n) is 9.57. The van der Waals surface area contributed by atoms with Crippen molar-refractivity contribution in [2.75, 3.05) is 5.32 Å². The van der Waals surface area contributed by atoms with Gasteiger partial charge >= 0.3 is 6.03 Å². The first-order valence-electron chi connectivity index (χ1n) is 5.12. The molecule has 2 aromatic heterocycles. The molecule has 2 aromatic rings. The zero-order valence-corrected chi connectivity index (χ0v) is 9.57. The number of anilines is 1. The van der Waals surface area contributed by atoms with Gasteiger partial charge in [0.25, 0.3) is 0 Å². The molecule has 0 atom stereocenters. The van der Waals surface area contributed by atoms with Gasteiger partial charge in [0.1, 0.15) is 5.76 Å². The number of aryl methyl sites for hydroxylation is 2. The highest BCUT2D eigenvalue weighted by Gasteiger charge is 2.10. The molecule has 0 aromatic carbocycles. The molecule has 0 radical (unpaired) electrons. The van der Waals surface area contributed by atoms with Crippen LogP contribution in [0.1, 0.15) is 17.0 Å². The average molecular weight is 235 g/mol. The van der Waals surface area contributed by atoms with Crippen molar-refractivity contribution in [3.05, 3.63) is 29.4 Å². The van der Waals surface area contributed by atoms with Crippen molar-refractivity contribution < 1.29 is 9.32 Å². The minimum atomic E-state index is -0.300. The normalized spacial score (nSPS) is 10.2. The Labute approximate surface area is 97.6 Å². The Morgan fingerprint density at radius 1 is 1.53 bits per heavy atom. The summed E-state index contributed by atoms with van der Waals surface area (Å²) in [7, 11) is 0. The fourth-order valence-electron chi connectivity index (χ4n) is 1.42. The van der Waals surface area contributed by atoms with Crippen molar-refractivity contribution in [1.29, 1.82) is 0 Å². The molecule has 2 heterocycles. The lowest BCUT2D eigenvalue weighted by Gasteiger charge is -2.05. The van der Waals surface area contributed by atoms with Crippen molar-refractivity contribution in [2.24, 2.45) is 0 Å². The van der Waals surface area contributed by atoms with E-state index in [4.69, 9.17) is 4.52 Å². The first-order chi connectivity index (χ1) is 8.16. The van der Waals surface area contributed by atoms with Crippen LogP contribution < -0.4 is 10.6 Å². The summed E-state index contributed by atoms with van der Waals surface area (Å²) in [6, 6.07) is -0.300. The number of aromatic nitrogens is 3. The van der Waals surface area contributed by atoms with E-state index in [1.165, 1.54) is 6.20 Å². The van der Waals surface area contributed by atoms with Crippen LogP contribution in [-0.2, 0) is 6.54 Å². The second-order valence-electron chi connectivity index (χ2n) is 3.60. The molecule has 0 aliphatic heterocycles. The van der Waals surface area contributed by atoms with Gasteiger partial charge in [0.05, 0.1) is 17.6 Å². The van der Waals surface area contributed by atoms with Crippen molar-refractivity contribution in [3.8, 4) is 0 Å². The summed E-state index contributed by atoms with van der Waals surface area (Å²) in [6.07, 6.45) is 3.12. The van der Waals surface area contributed by atoms with Crippen LogP contribution in [0, 0.1) is 13.8 Å². The number of amides is 2. The molecule has 3 N–H and O–H groups in total. The number of nitrogens with one attached hydrogen (secondary N) is 3. The highest BCUT2D eigenvalue weighted by molar-refractivity contribution is 5.88. The minimum absolute atomic E-state index is 0.300. The summed E-state index contributed by atoms with van der Waals surface area (Å²) < 4.78 is 5.00. The number of carbonyl (C=O) groups excluding carboxylic acids is 1. The summed E-state index contributed by atoms with van der Waals surface area (Å²) in [5.74, 6) is 0.714. The van der Waals surface area contributed by atoms with Crippen molar-refractivity contribution in [1.82, 2.24) is 20.7 Å². The third-order valence-electron chi connectivity index (χ3n) is 2.36. The number of urea groups is 1. The number of hydrogen-bond donors (Lipinski definition) is 3. The number of rotatable bonds is 3. The van der Waals surface area contributed by atoms with Crippen LogP contribution in [0.5, 0.6) is 0 Å². The Morgan fingerprint density at radius 2 is 2.35 bits per heavy atom. The lowest BCUT2D eigenvalue weighted by atomic mass is 10.2. The fraction of sp³-hybridized carbons (Fsp3) is 0.300. The van der Waals surface area contributed by atoms with Crippen LogP contribution in [-0.4, -0.2) is 21.4 Å². The Bertz CT molecular complexity index is 483. The number of nitrogens with zero attached hydrogens (tertiary/aromatic N) is 2. The van der Waals surface area contributed by atoms with Gasteiger partial charge < -0.3 is 15.2 Å². The number of carbonyl (C=O) groups is 1. The van der Waals surface area contributed by atoms with E-state index in [0.717, 1.165) is 11.3 Å². The van der Waals surface area contributed by atoms with E-state index >= 15 is 0 Å². The van der Waals surface area contributed by atoms with Crippen LogP contribution in [0.2, 0.25) is 0 Å². The summed E-state index contributed by atoms with van der Waals surface area (Å²) >= 11 is 0. The number of aromatic amines is 1. The van der Waals surface area contributed by atoms with Crippen LogP contribution in [0.4, 0.5) is 10.5 Å². The molecule has 2 amide bonds. The Hall–Kier alpha value is -2.31. The topological polar surface area (TPSA) is 95.8 Å². The van der Waals surface area contributed by atoms with Gasteiger partial charge in [-0.05, 0) is 13.8 Å². The Balaban J connectivity index is 1.88. The van der Waals surface area contributed by atoms with Crippen LogP contribution in [0.15, 0.2) is 16.9 Å². The predicted molar refractivity (Wildman–Crippen MR) is 60.4 cm³/mol. The maximum atomic E-state index is 11.5. The summed E-state index contributed by atoms with van der Waals surface area (Å²) in [5, 5.41) is 15.5. The van der Waals surface area contributed by atoms with Crippen molar-refractivity contribution >= 4 is 11.7 Å². The highest BCUT2D eigenvalue weighted by atomic mass is 16.5. The van der Waals surface area contributed by atoms with Gasteiger partial charge in [0, 0.05) is 18.3 Å². The molecule has 0 unspecified atom stereocenters. The van der Waals surface area contributed by atoms with Gasteiger partial charge in [-0.3, -0.25) is 5.10 Å². The molecule has 0 saturated carbocycles. The number of H-pyrrole nitrogens is 1. The lowest BCUT2D eigenvalue weighted by Crippen LogP contribution is -2.28. The first kappa shape index (κ1) is 11.2. The average Bonchev–Trinajstić information content (AvgIpc) is 2.88. The molecule has 0 fully saturated rings. The largest absolute Gasteiger partial charge is 0.361 e. The Kier molecular flexibility index (Phi) is 3.08. The fourth-order valence-corrected chi connectivity index (χ4v) is 1.42. The van der Waals surface area contributed by atoms with E-state index in [9.17, 15) is 4.79 Å². The summed E-state index contributed by atoms with van der Waals surface area (Å²) in [6.45, 7) is 4.03. The first-order valence-corrected chi connectivity index (χ1v) is 5.12. The minimum Gasteiger partial charge on any atom is -0.361 e. The van der Waals surface area contributed by atoms with E-state index in [1.807, 2.05) is 13.8 Å². The maximum Gasteiger partial charge on any atom is 0.319 e. The molecule has 0 saturated heterocycles. The molecular weight excluding hydrogens is 222 g/mol. The van der Waals surface area contributed by atoms with E-state index < -0.39 is 0 Å². The number of hydrogen-bond acceptors (Lipinski definition) is 4. The SMILES string of the molecule is Cc1noc(C)c1CNC(=O)Nc1cn[nH]c1. The molecule has 17 heavy (non-hydrogen) atoms. The maximum absolute atomic E-state index is 11.5. The van der Waals surface area contributed by atoms with Crippen molar-refractivity contribution in [3.63, 3.8) is 0 Å². The zero-order chi connectivity index (χ0) is 12.3. The van der Waals surface area contributed by atoms with Gasteiger partial charge in [-0.25, -0.2) is 4.79 Å². The summed E-state index contributed by atoms with van der Waals surface area (Å²) in [4.78, 5) is 11.5. The monoisotopic (exact) mass is 235 g/mol. The molecule has 2 rings (SSSR count). The molecule has 7 heteroatoms. The van der Waals surface area contributed by atoms with Crippen LogP contribution in [0.25, 0.3) is 0 Å². The third-order valence-corrected chi connectivity index (χ3v) is 2.36. The van der Waals surface area contributed by atoms with E-state index in [0.29, 0.717) is 18.0 Å². The Morgan fingerprint density at radius 3 is 2.94 bits per heavy atom. The molecule has 0 aliphatic rings. The molecule has 0 aliphatic carbocycles. The van der Waals surface area contributed by atoms with E-state index in [-0.39, 0.29) is 6.03 Å². The molecule has 0 spiro atoms. The molecular formula is C10H13N5O2. The predicted octanol–water partition coefficient (Wildman–Crippen LogP) is 1.34. The van der Waals surface area contributed by atoms with Crippen molar-refractivity contribution in [2.45, 2.75) is 20.4 Å². The second kappa shape index (κ2) is 4.69. The standard InChI is InChI=1S/C10H13N5O2/c1-6-9(7(2)17-15-6)5-11-10(16)14-8-3-12-13-4-8/h3-4H,5H2,1-2H3,(H,12,13)(H2,11,14,16). The quantitative estimate of drug-likeness (QED) is 0.747.